The van der Waals surface area contributed by atoms with Crippen LogP contribution >= 0.6 is 0 Å². The van der Waals surface area contributed by atoms with Gasteiger partial charge < -0.3 is 11.5 Å². The lowest BCUT2D eigenvalue weighted by Gasteiger charge is -2.28. The van der Waals surface area contributed by atoms with E-state index in [9.17, 15) is 13.2 Å². The highest BCUT2D eigenvalue weighted by molar-refractivity contribution is 5.75. The molecule has 0 aromatic heterocycles. The SMILES string of the molecule is NC(N)=NCC1(c2cccc(C(F)(F)F)c2)CCCC1. The molecular weight excluding hydrogens is 267 g/mol. The van der Waals surface area contributed by atoms with E-state index in [4.69, 9.17) is 11.5 Å². The third kappa shape index (κ3) is 3.05. The summed E-state index contributed by atoms with van der Waals surface area (Å²) in [7, 11) is 0. The Morgan fingerprint density at radius 3 is 2.40 bits per heavy atom. The summed E-state index contributed by atoms with van der Waals surface area (Å²) in [4.78, 5) is 4.04. The van der Waals surface area contributed by atoms with E-state index >= 15 is 0 Å². The van der Waals surface area contributed by atoms with Crippen molar-refractivity contribution in [1.29, 1.82) is 0 Å². The first kappa shape index (κ1) is 14.7. The Hall–Kier alpha value is -1.72. The van der Waals surface area contributed by atoms with Crippen LogP contribution in [-0.2, 0) is 11.6 Å². The molecule has 6 heteroatoms. The Balaban J connectivity index is 2.37. The zero-order valence-corrected chi connectivity index (χ0v) is 11.1. The van der Waals surface area contributed by atoms with Gasteiger partial charge in [0.2, 0.25) is 0 Å². The van der Waals surface area contributed by atoms with Crippen LogP contribution in [0.1, 0.15) is 36.8 Å². The van der Waals surface area contributed by atoms with Gasteiger partial charge >= 0.3 is 6.18 Å². The minimum atomic E-state index is -4.33. The van der Waals surface area contributed by atoms with Gasteiger partial charge in [-0.25, -0.2) is 0 Å². The van der Waals surface area contributed by atoms with Gasteiger partial charge in [0, 0.05) is 5.41 Å². The molecule has 3 nitrogen and oxygen atoms in total. The molecule has 20 heavy (non-hydrogen) atoms. The maximum atomic E-state index is 12.8. The number of rotatable bonds is 3. The predicted octanol–water partition coefficient (Wildman–Crippen LogP) is 2.79. The van der Waals surface area contributed by atoms with E-state index in [-0.39, 0.29) is 11.4 Å². The molecule has 1 aromatic rings. The van der Waals surface area contributed by atoms with E-state index in [1.165, 1.54) is 12.1 Å². The smallest absolute Gasteiger partial charge is 0.370 e. The van der Waals surface area contributed by atoms with E-state index in [1.54, 1.807) is 6.07 Å². The van der Waals surface area contributed by atoms with Crippen LogP contribution in [0.15, 0.2) is 29.3 Å². The second kappa shape index (κ2) is 5.34. The molecule has 1 aliphatic carbocycles. The molecule has 0 aliphatic heterocycles. The minimum Gasteiger partial charge on any atom is -0.370 e. The van der Waals surface area contributed by atoms with Crippen molar-refractivity contribution in [2.24, 2.45) is 16.5 Å². The number of aliphatic imine (C=N–C) groups is 1. The molecule has 0 spiro atoms. The van der Waals surface area contributed by atoms with Gasteiger partial charge in [0.1, 0.15) is 0 Å². The summed E-state index contributed by atoms with van der Waals surface area (Å²) < 4.78 is 38.5. The summed E-state index contributed by atoms with van der Waals surface area (Å²) in [6.45, 7) is 0.344. The monoisotopic (exact) mass is 285 g/mol. The van der Waals surface area contributed by atoms with Crippen molar-refractivity contribution in [3.05, 3.63) is 35.4 Å². The van der Waals surface area contributed by atoms with Crippen LogP contribution in [-0.4, -0.2) is 12.5 Å². The van der Waals surface area contributed by atoms with E-state index < -0.39 is 11.7 Å². The standard InChI is InChI=1S/C14H18F3N3/c15-14(16,17)11-5-3-4-10(8-11)13(6-1-2-7-13)9-20-12(18)19/h3-5,8H,1-2,6-7,9H2,(H4,18,19,20). The van der Waals surface area contributed by atoms with E-state index in [1.807, 2.05) is 0 Å². The minimum absolute atomic E-state index is 0.0248. The van der Waals surface area contributed by atoms with Gasteiger partial charge in [0.15, 0.2) is 5.96 Å². The normalized spacial score (nSPS) is 17.9. The molecule has 1 saturated carbocycles. The van der Waals surface area contributed by atoms with Gasteiger partial charge in [-0.15, -0.1) is 0 Å². The van der Waals surface area contributed by atoms with Crippen LogP contribution in [0.5, 0.6) is 0 Å². The summed E-state index contributed by atoms with van der Waals surface area (Å²) in [5, 5.41) is 0. The molecule has 0 heterocycles. The zero-order valence-electron chi connectivity index (χ0n) is 11.1. The number of nitrogens with zero attached hydrogens (tertiary/aromatic N) is 1. The highest BCUT2D eigenvalue weighted by Gasteiger charge is 2.38. The van der Waals surface area contributed by atoms with Gasteiger partial charge in [0.05, 0.1) is 12.1 Å². The first-order valence-corrected chi connectivity index (χ1v) is 6.57. The van der Waals surface area contributed by atoms with Gasteiger partial charge in [-0.2, -0.15) is 13.2 Å². The van der Waals surface area contributed by atoms with Gasteiger partial charge in [-0.1, -0.05) is 31.0 Å². The third-order valence-electron chi connectivity index (χ3n) is 3.93. The van der Waals surface area contributed by atoms with Crippen molar-refractivity contribution in [3.63, 3.8) is 0 Å². The Morgan fingerprint density at radius 1 is 1.20 bits per heavy atom. The maximum Gasteiger partial charge on any atom is 0.416 e. The molecule has 0 unspecified atom stereocenters. The average Bonchev–Trinajstić information content (AvgIpc) is 2.86. The summed E-state index contributed by atoms with van der Waals surface area (Å²) >= 11 is 0. The summed E-state index contributed by atoms with van der Waals surface area (Å²) in [5.41, 5.74) is 10.4. The van der Waals surface area contributed by atoms with Gasteiger partial charge in [-0.05, 0) is 24.5 Å². The quantitative estimate of drug-likeness (QED) is 0.662. The van der Waals surface area contributed by atoms with Crippen LogP contribution in [0, 0.1) is 0 Å². The molecule has 1 aromatic carbocycles. The maximum absolute atomic E-state index is 12.8. The number of hydrogen-bond acceptors (Lipinski definition) is 1. The fourth-order valence-electron chi connectivity index (χ4n) is 2.86. The fourth-order valence-corrected chi connectivity index (χ4v) is 2.86. The van der Waals surface area contributed by atoms with Crippen LogP contribution in [0.2, 0.25) is 0 Å². The van der Waals surface area contributed by atoms with Crippen molar-refractivity contribution in [1.82, 2.24) is 0 Å². The van der Waals surface area contributed by atoms with Gasteiger partial charge in [0.25, 0.3) is 0 Å². The second-order valence-electron chi connectivity index (χ2n) is 5.31. The van der Waals surface area contributed by atoms with Crippen molar-refractivity contribution in [2.45, 2.75) is 37.3 Å². The zero-order chi connectivity index (χ0) is 14.8. The largest absolute Gasteiger partial charge is 0.416 e. The number of guanidine groups is 1. The van der Waals surface area contributed by atoms with E-state index in [0.717, 1.165) is 31.7 Å². The lowest BCUT2D eigenvalue weighted by atomic mass is 9.78. The molecule has 0 atom stereocenters. The lowest BCUT2D eigenvalue weighted by Crippen LogP contribution is -2.30. The van der Waals surface area contributed by atoms with Crippen LogP contribution < -0.4 is 11.5 Å². The molecule has 4 N–H and O–H groups in total. The van der Waals surface area contributed by atoms with E-state index in [0.29, 0.717) is 12.1 Å². The molecule has 0 radical (unpaired) electrons. The average molecular weight is 285 g/mol. The molecule has 0 amide bonds. The highest BCUT2D eigenvalue weighted by atomic mass is 19.4. The first-order chi connectivity index (χ1) is 9.33. The summed E-state index contributed by atoms with van der Waals surface area (Å²) in [6, 6.07) is 5.51. The number of alkyl halides is 3. The molecule has 110 valence electrons. The van der Waals surface area contributed by atoms with Crippen LogP contribution in [0.25, 0.3) is 0 Å². The molecule has 0 bridgehead atoms. The van der Waals surface area contributed by atoms with Crippen molar-refractivity contribution in [2.75, 3.05) is 6.54 Å². The molecule has 0 saturated heterocycles. The summed E-state index contributed by atoms with van der Waals surface area (Å²) in [5.74, 6) is -0.0248. The Morgan fingerprint density at radius 2 is 1.85 bits per heavy atom. The number of halogens is 3. The number of benzene rings is 1. The third-order valence-corrected chi connectivity index (χ3v) is 3.93. The Labute approximate surface area is 115 Å². The predicted molar refractivity (Wildman–Crippen MR) is 72.3 cm³/mol. The van der Waals surface area contributed by atoms with Crippen molar-refractivity contribution >= 4 is 5.96 Å². The number of nitrogens with two attached hydrogens (primary N) is 2. The van der Waals surface area contributed by atoms with Crippen LogP contribution in [0.4, 0.5) is 13.2 Å². The van der Waals surface area contributed by atoms with Crippen LogP contribution in [0.3, 0.4) is 0 Å². The second-order valence-corrected chi connectivity index (χ2v) is 5.31. The highest BCUT2D eigenvalue weighted by Crippen LogP contribution is 2.43. The topological polar surface area (TPSA) is 64.4 Å². The molecular formula is C14H18F3N3. The molecule has 1 fully saturated rings. The first-order valence-electron chi connectivity index (χ1n) is 6.57. The Bertz CT molecular complexity index is 499. The lowest BCUT2D eigenvalue weighted by molar-refractivity contribution is -0.137. The molecule has 1 aliphatic rings. The Kier molecular flexibility index (Phi) is 3.92. The summed E-state index contributed by atoms with van der Waals surface area (Å²) in [6.07, 6.45) is -0.741. The van der Waals surface area contributed by atoms with Crippen molar-refractivity contribution in [3.8, 4) is 0 Å². The van der Waals surface area contributed by atoms with Gasteiger partial charge in [-0.3, -0.25) is 4.99 Å². The fraction of sp³-hybridized carbons (Fsp3) is 0.500. The van der Waals surface area contributed by atoms with E-state index in [2.05, 4.69) is 4.99 Å². The van der Waals surface area contributed by atoms with Crippen molar-refractivity contribution < 1.29 is 13.2 Å². The number of hydrogen-bond donors (Lipinski definition) is 2. The molecule has 2 rings (SSSR count).